The molecule has 0 aliphatic carbocycles. The summed E-state index contributed by atoms with van der Waals surface area (Å²) in [4.78, 5) is 26.3. The summed E-state index contributed by atoms with van der Waals surface area (Å²) in [5, 5.41) is 0. The van der Waals surface area contributed by atoms with Gasteiger partial charge in [-0.3, -0.25) is 9.59 Å². The van der Waals surface area contributed by atoms with Crippen LogP contribution in [0.3, 0.4) is 0 Å². The van der Waals surface area contributed by atoms with E-state index in [4.69, 9.17) is 14.2 Å². The second kappa shape index (κ2) is 10.4. The van der Waals surface area contributed by atoms with Gasteiger partial charge in [0, 0.05) is 13.0 Å². The third-order valence-corrected chi connectivity index (χ3v) is 5.47. The molecule has 1 aliphatic rings. The summed E-state index contributed by atoms with van der Waals surface area (Å²) in [6.45, 7) is 4.55. The van der Waals surface area contributed by atoms with Gasteiger partial charge in [0.25, 0.3) is 0 Å². The lowest BCUT2D eigenvalue weighted by atomic mass is 9.76. The lowest BCUT2D eigenvalue weighted by Crippen LogP contribution is -2.46. The van der Waals surface area contributed by atoms with Crippen molar-refractivity contribution >= 4 is 11.9 Å². The highest BCUT2D eigenvalue weighted by Gasteiger charge is 2.51. The summed E-state index contributed by atoms with van der Waals surface area (Å²) in [7, 11) is 0. The highest BCUT2D eigenvalue weighted by molar-refractivity contribution is 6.00. The van der Waals surface area contributed by atoms with Crippen molar-refractivity contribution in [2.24, 2.45) is 5.41 Å². The van der Waals surface area contributed by atoms with E-state index in [-0.39, 0.29) is 32.2 Å². The van der Waals surface area contributed by atoms with Crippen molar-refractivity contribution in [2.45, 2.75) is 45.6 Å². The molecule has 0 amide bonds. The first-order chi connectivity index (χ1) is 14.6. The molecule has 2 aromatic carbocycles. The molecular formula is C25H30O5. The van der Waals surface area contributed by atoms with E-state index in [1.165, 1.54) is 0 Å². The summed E-state index contributed by atoms with van der Waals surface area (Å²) in [5.74, 6) is -1.08. The van der Waals surface area contributed by atoms with Crippen LogP contribution in [0.4, 0.5) is 0 Å². The van der Waals surface area contributed by atoms with E-state index in [1.807, 2.05) is 54.6 Å². The first kappa shape index (κ1) is 22.0. The van der Waals surface area contributed by atoms with Crippen molar-refractivity contribution in [3.63, 3.8) is 0 Å². The molecule has 0 saturated carbocycles. The minimum atomic E-state index is -1.42. The Morgan fingerprint density at radius 1 is 0.967 bits per heavy atom. The van der Waals surface area contributed by atoms with Crippen molar-refractivity contribution in [1.29, 1.82) is 0 Å². The Labute approximate surface area is 178 Å². The van der Waals surface area contributed by atoms with Crippen LogP contribution in [0.15, 0.2) is 54.6 Å². The molecule has 1 aliphatic heterocycles. The maximum Gasteiger partial charge on any atom is 0.323 e. The van der Waals surface area contributed by atoms with E-state index >= 15 is 0 Å². The standard InChI is InChI=1S/C25H30O5/c1-3-28-23(26)25(24(27)29-4-2,18-22-14-9-15-30-22)17-19-10-8-13-21(16-19)20-11-6-5-7-12-20/h5-8,10-13,16,22H,3-4,9,14-15,17-18H2,1-2H3. The van der Waals surface area contributed by atoms with Crippen LogP contribution < -0.4 is 0 Å². The molecule has 0 bridgehead atoms. The van der Waals surface area contributed by atoms with Crippen molar-refractivity contribution in [1.82, 2.24) is 0 Å². The zero-order valence-electron chi connectivity index (χ0n) is 17.8. The number of esters is 2. The molecule has 5 nitrogen and oxygen atoms in total. The molecule has 1 fully saturated rings. The summed E-state index contributed by atoms with van der Waals surface area (Å²) < 4.78 is 16.5. The van der Waals surface area contributed by atoms with Gasteiger partial charge in [-0.1, -0.05) is 54.6 Å². The van der Waals surface area contributed by atoms with Crippen LogP contribution >= 0.6 is 0 Å². The number of ether oxygens (including phenoxy) is 3. The smallest absolute Gasteiger partial charge is 0.323 e. The van der Waals surface area contributed by atoms with Crippen LogP contribution in [-0.2, 0) is 30.2 Å². The van der Waals surface area contributed by atoms with Gasteiger partial charge in [0.15, 0.2) is 5.41 Å². The van der Waals surface area contributed by atoms with E-state index < -0.39 is 17.4 Å². The Bertz CT molecular complexity index is 822. The summed E-state index contributed by atoms with van der Waals surface area (Å²) in [6.07, 6.45) is 2.07. The van der Waals surface area contributed by atoms with Crippen LogP contribution in [0.25, 0.3) is 11.1 Å². The molecule has 1 unspecified atom stereocenters. The lowest BCUT2D eigenvalue weighted by molar-refractivity contribution is -0.174. The normalized spacial score (nSPS) is 16.3. The van der Waals surface area contributed by atoms with Crippen molar-refractivity contribution in [2.75, 3.05) is 19.8 Å². The van der Waals surface area contributed by atoms with Crippen LogP contribution in [0.1, 0.15) is 38.7 Å². The maximum atomic E-state index is 13.1. The van der Waals surface area contributed by atoms with E-state index in [0.29, 0.717) is 6.61 Å². The second-order valence-electron chi connectivity index (χ2n) is 7.61. The first-order valence-corrected chi connectivity index (χ1v) is 10.7. The summed E-state index contributed by atoms with van der Waals surface area (Å²) in [5.41, 5.74) is 1.58. The first-order valence-electron chi connectivity index (χ1n) is 10.7. The van der Waals surface area contributed by atoms with Gasteiger partial charge in [0.05, 0.1) is 19.3 Å². The molecular weight excluding hydrogens is 380 g/mol. The highest BCUT2D eigenvalue weighted by atomic mass is 16.6. The van der Waals surface area contributed by atoms with Gasteiger partial charge >= 0.3 is 11.9 Å². The molecule has 5 heteroatoms. The molecule has 0 aromatic heterocycles. The average Bonchev–Trinajstić information content (AvgIpc) is 3.27. The van der Waals surface area contributed by atoms with Gasteiger partial charge in [-0.25, -0.2) is 0 Å². The largest absolute Gasteiger partial charge is 0.465 e. The van der Waals surface area contributed by atoms with Gasteiger partial charge in [-0.05, 0) is 49.8 Å². The Morgan fingerprint density at radius 2 is 1.63 bits per heavy atom. The predicted octanol–water partition coefficient (Wildman–Crippen LogP) is 4.58. The molecule has 1 heterocycles. The topological polar surface area (TPSA) is 61.8 Å². The minimum absolute atomic E-state index is 0.156. The quantitative estimate of drug-likeness (QED) is 0.447. The average molecular weight is 411 g/mol. The summed E-state index contributed by atoms with van der Waals surface area (Å²) in [6, 6.07) is 18.0. The Hall–Kier alpha value is -2.66. The number of hydrogen-bond acceptors (Lipinski definition) is 5. The van der Waals surface area contributed by atoms with E-state index in [0.717, 1.165) is 29.5 Å². The molecule has 0 spiro atoms. The van der Waals surface area contributed by atoms with Crippen molar-refractivity contribution in [3.05, 3.63) is 60.2 Å². The van der Waals surface area contributed by atoms with Gasteiger partial charge < -0.3 is 14.2 Å². The molecule has 0 N–H and O–H groups in total. The molecule has 1 saturated heterocycles. The monoisotopic (exact) mass is 410 g/mol. The van der Waals surface area contributed by atoms with Crippen LogP contribution in [0.5, 0.6) is 0 Å². The number of carbonyl (C=O) groups excluding carboxylic acids is 2. The van der Waals surface area contributed by atoms with Crippen molar-refractivity contribution < 1.29 is 23.8 Å². The van der Waals surface area contributed by atoms with Crippen LogP contribution in [0, 0.1) is 5.41 Å². The van der Waals surface area contributed by atoms with Crippen LogP contribution in [0.2, 0.25) is 0 Å². The van der Waals surface area contributed by atoms with E-state index in [2.05, 4.69) is 0 Å². The van der Waals surface area contributed by atoms with Crippen LogP contribution in [-0.4, -0.2) is 37.9 Å². The lowest BCUT2D eigenvalue weighted by Gasteiger charge is -2.31. The van der Waals surface area contributed by atoms with Crippen molar-refractivity contribution in [3.8, 4) is 11.1 Å². The maximum absolute atomic E-state index is 13.1. The Balaban J connectivity index is 1.98. The number of carbonyl (C=O) groups is 2. The Morgan fingerprint density at radius 3 is 2.23 bits per heavy atom. The fourth-order valence-corrected chi connectivity index (χ4v) is 4.04. The molecule has 1 atom stereocenters. The fraction of sp³-hybridized carbons (Fsp3) is 0.440. The fourth-order valence-electron chi connectivity index (χ4n) is 4.04. The Kier molecular flexibility index (Phi) is 7.63. The highest BCUT2D eigenvalue weighted by Crippen LogP contribution is 2.36. The van der Waals surface area contributed by atoms with Gasteiger partial charge in [0.2, 0.25) is 0 Å². The number of benzene rings is 2. The molecule has 0 radical (unpaired) electrons. The van der Waals surface area contributed by atoms with Gasteiger partial charge in [-0.15, -0.1) is 0 Å². The van der Waals surface area contributed by atoms with E-state index in [1.54, 1.807) is 13.8 Å². The molecule has 2 aromatic rings. The van der Waals surface area contributed by atoms with Gasteiger partial charge in [-0.2, -0.15) is 0 Å². The van der Waals surface area contributed by atoms with E-state index in [9.17, 15) is 9.59 Å². The third-order valence-electron chi connectivity index (χ3n) is 5.47. The predicted molar refractivity (Wildman–Crippen MR) is 115 cm³/mol. The SMILES string of the molecule is CCOC(=O)C(Cc1cccc(-c2ccccc2)c1)(CC1CCCO1)C(=O)OCC. The second-order valence-corrected chi connectivity index (χ2v) is 7.61. The number of rotatable bonds is 9. The minimum Gasteiger partial charge on any atom is -0.465 e. The van der Waals surface area contributed by atoms with Gasteiger partial charge in [0.1, 0.15) is 0 Å². The summed E-state index contributed by atoms with van der Waals surface area (Å²) >= 11 is 0. The molecule has 30 heavy (non-hydrogen) atoms. The third kappa shape index (κ3) is 5.08. The zero-order chi connectivity index (χ0) is 21.4. The molecule has 3 rings (SSSR count). The molecule has 160 valence electrons. The zero-order valence-corrected chi connectivity index (χ0v) is 17.8. The number of hydrogen-bond donors (Lipinski definition) is 0.